The van der Waals surface area contributed by atoms with Gasteiger partial charge in [-0.05, 0) is 28.1 Å². The van der Waals surface area contributed by atoms with Gasteiger partial charge in [0.1, 0.15) is 0 Å². The number of nitrogen functional groups attached to an aromatic ring is 1. The average Bonchev–Trinajstić information content (AvgIpc) is 2.27. The Morgan fingerprint density at radius 3 is 2.44 bits per heavy atom. The van der Waals surface area contributed by atoms with Gasteiger partial charge in [0, 0.05) is 15.6 Å². The van der Waals surface area contributed by atoms with E-state index in [0.29, 0.717) is 16.1 Å². The first-order chi connectivity index (χ1) is 7.61. The van der Waals surface area contributed by atoms with Crippen LogP contribution < -0.4 is 5.73 Å². The Balaban J connectivity index is 2.68. The summed E-state index contributed by atoms with van der Waals surface area (Å²) in [5, 5.41) is 0.479. The highest BCUT2D eigenvalue weighted by Gasteiger charge is 2.12. The number of hydrogen-bond donors (Lipinski definition) is 1. The van der Waals surface area contributed by atoms with Crippen molar-refractivity contribution in [2.24, 2.45) is 0 Å². The summed E-state index contributed by atoms with van der Waals surface area (Å²) in [6, 6.07) is 10.2. The maximum absolute atomic E-state index is 13.8. The Labute approximate surface area is 106 Å². The largest absolute Gasteiger partial charge is 0.396 e. The van der Waals surface area contributed by atoms with Crippen LogP contribution in [0.2, 0.25) is 5.02 Å². The van der Waals surface area contributed by atoms with Crippen LogP contribution in [0, 0.1) is 5.82 Å². The fraction of sp³-hybridized carbons (Fsp3) is 0. The minimum Gasteiger partial charge on any atom is -0.396 e. The lowest BCUT2D eigenvalue weighted by molar-refractivity contribution is 0.636. The molecule has 4 heteroatoms. The predicted octanol–water partition coefficient (Wildman–Crippen LogP) is 4.49. The minimum absolute atomic E-state index is 0.119. The maximum atomic E-state index is 13.8. The van der Waals surface area contributed by atoms with Crippen LogP contribution in [0.3, 0.4) is 0 Å². The second-order valence-corrected chi connectivity index (χ2v) is 4.54. The standard InChI is InChI=1S/C12H8BrClFN/c13-9-5-1-3-7(11(9)14)8-4-2-6-10(16)12(8)15/h1-6H,16H2. The summed E-state index contributed by atoms with van der Waals surface area (Å²) < 4.78 is 14.5. The molecule has 2 rings (SSSR count). The first-order valence-electron chi connectivity index (χ1n) is 4.59. The van der Waals surface area contributed by atoms with E-state index in [0.717, 1.165) is 4.47 Å². The number of anilines is 1. The van der Waals surface area contributed by atoms with Gasteiger partial charge in [0.25, 0.3) is 0 Å². The van der Waals surface area contributed by atoms with E-state index in [4.69, 9.17) is 17.3 Å². The van der Waals surface area contributed by atoms with Crippen LogP contribution in [0.15, 0.2) is 40.9 Å². The summed E-state index contributed by atoms with van der Waals surface area (Å²) in [6.07, 6.45) is 0. The van der Waals surface area contributed by atoms with Gasteiger partial charge in [0.2, 0.25) is 0 Å². The molecular formula is C12H8BrClFN. The van der Waals surface area contributed by atoms with Crippen molar-refractivity contribution in [1.82, 2.24) is 0 Å². The van der Waals surface area contributed by atoms with Gasteiger partial charge in [-0.25, -0.2) is 4.39 Å². The van der Waals surface area contributed by atoms with Crippen molar-refractivity contribution in [1.29, 1.82) is 0 Å². The third-order valence-corrected chi connectivity index (χ3v) is 3.57. The van der Waals surface area contributed by atoms with Gasteiger partial charge in [-0.15, -0.1) is 0 Å². The number of halogens is 3. The Bertz CT molecular complexity index is 493. The molecule has 0 saturated heterocycles. The van der Waals surface area contributed by atoms with E-state index < -0.39 is 5.82 Å². The molecule has 16 heavy (non-hydrogen) atoms. The number of hydrogen-bond acceptors (Lipinski definition) is 1. The van der Waals surface area contributed by atoms with Gasteiger partial charge in [0.05, 0.1) is 10.7 Å². The van der Waals surface area contributed by atoms with Crippen LogP contribution in [0.25, 0.3) is 11.1 Å². The lowest BCUT2D eigenvalue weighted by Crippen LogP contribution is -1.93. The van der Waals surface area contributed by atoms with E-state index in [1.807, 2.05) is 0 Å². The summed E-state index contributed by atoms with van der Waals surface area (Å²) in [5.41, 5.74) is 6.67. The molecule has 0 saturated carbocycles. The molecule has 2 aromatic carbocycles. The molecule has 0 fully saturated rings. The molecule has 0 atom stereocenters. The third-order valence-electron chi connectivity index (χ3n) is 2.27. The summed E-state index contributed by atoms with van der Waals surface area (Å²) in [5.74, 6) is -0.442. The molecule has 0 aliphatic carbocycles. The van der Waals surface area contributed by atoms with Gasteiger partial charge in [-0.2, -0.15) is 0 Å². The van der Waals surface area contributed by atoms with Gasteiger partial charge in [-0.1, -0.05) is 35.9 Å². The smallest absolute Gasteiger partial charge is 0.153 e. The molecule has 82 valence electrons. The number of rotatable bonds is 1. The predicted molar refractivity (Wildman–Crippen MR) is 69.0 cm³/mol. The molecule has 2 N–H and O–H groups in total. The fourth-order valence-electron chi connectivity index (χ4n) is 1.47. The number of benzene rings is 2. The maximum Gasteiger partial charge on any atom is 0.153 e. The Morgan fingerprint density at radius 1 is 1.06 bits per heavy atom. The highest BCUT2D eigenvalue weighted by molar-refractivity contribution is 9.10. The molecule has 0 amide bonds. The van der Waals surface area contributed by atoms with Gasteiger partial charge in [0.15, 0.2) is 5.82 Å². The van der Waals surface area contributed by atoms with Crippen molar-refractivity contribution in [3.8, 4) is 11.1 Å². The minimum atomic E-state index is -0.442. The van der Waals surface area contributed by atoms with Gasteiger partial charge >= 0.3 is 0 Å². The van der Waals surface area contributed by atoms with Crippen molar-refractivity contribution in [2.45, 2.75) is 0 Å². The molecule has 0 aliphatic rings. The van der Waals surface area contributed by atoms with Crippen LogP contribution in [-0.2, 0) is 0 Å². The monoisotopic (exact) mass is 299 g/mol. The van der Waals surface area contributed by atoms with E-state index >= 15 is 0 Å². The second-order valence-electron chi connectivity index (χ2n) is 3.31. The Morgan fingerprint density at radius 2 is 1.69 bits per heavy atom. The summed E-state index contributed by atoms with van der Waals surface area (Å²) in [4.78, 5) is 0. The zero-order chi connectivity index (χ0) is 11.7. The molecule has 0 heterocycles. The van der Waals surface area contributed by atoms with Crippen molar-refractivity contribution in [2.75, 3.05) is 5.73 Å². The molecule has 0 aromatic heterocycles. The lowest BCUT2D eigenvalue weighted by atomic mass is 10.0. The van der Waals surface area contributed by atoms with Crippen molar-refractivity contribution >= 4 is 33.2 Å². The Hall–Kier alpha value is -1.06. The molecule has 0 spiro atoms. The van der Waals surface area contributed by atoms with E-state index in [9.17, 15) is 4.39 Å². The van der Waals surface area contributed by atoms with E-state index in [1.54, 1.807) is 30.3 Å². The quantitative estimate of drug-likeness (QED) is 0.772. The highest BCUT2D eigenvalue weighted by atomic mass is 79.9. The van der Waals surface area contributed by atoms with E-state index in [-0.39, 0.29) is 5.69 Å². The molecule has 0 radical (unpaired) electrons. The third kappa shape index (κ3) is 1.93. The van der Waals surface area contributed by atoms with E-state index in [2.05, 4.69) is 15.9 Å². The fourth-order valence-corrected chi connectivity index (χ4v) is 2.06. The summed E-state index contributed by atoms with van der Waals surface area (Å²) in [7, 11) is 0. The first kappa shape index (κ1) is 11.4. The number of nitrogens with two attached hydrogens (primary N) is 1. The van der Waals surface area contributed by atoms with Gasteiger partial charge in [-0.3, -0.25) is 0 Å². The molecule has 2 aromatic rings. The summed E-state index contributed by atoms with van der Waals surface area (Å²) >= 11 is 9.40. The van der Waals surface area contributed by atoms with Crippen LogP contribution in [0.5, 0.6) is 0 Å². The molecule has 0 unspecified atom stereocenters. The van der Waals surface area contributed by atoms with Crippen LogP contribution in [-0.4, -0.2) is 0 Å². The van der Waals surface area contributed by atoms with Crippen molar-refractivity contribution < 1.29 is 4.39 Å². The lowest BCUT2D eigenvalue weighted by Gasteiger charge is -2.08. The van der Waals surface area contributed by atoms with E-state index in [1.165, 1.54) is 6.07 Å². The molecular weight excluding hydrogens is 292 g/mol. The van der Waals surface area contributed by atoms with Crippen LogP contribution in [0.1, 0.15) is 0 Å². The van der Waals surface area contributed by atoms with Crippen molar-refractivity contribution in [3.05, 3.63) is 51.7 Å². The average molecular weight is 301 g/mol. The zero-order valence-corrected chi connectivity index (χ0v) is 10.5. The first-order valence-corrected chi connectivity index (χ1v) is 5.76. The SMILES string of the molecule is Nc1cccc(-c2cccc(Br)c2Cl)c1F. The normalized spacial score (nSPS) is 10.4. The van der Waals surface area contributed by atoms with Crippen LogP contribution in [0.4, 0.5) is 10.1 Å². The molecule has 0 bridgehead atoms. The zero-order valence-electron chi connectivity index (χ0n) is 8.18. The molecule has 1 nitrogen and oxygen atoms in total. The van der Waals surface area contributed by atoms with Crippen molar-refractivity contribution in [3.63, 3.8) is 0 Å². The van der Waals surface area contributed by atoms with Gasteiger partial charge < -0.3 is 5.73 Å². The molecule has 0 aliphatic heterocycles. The summed E-state index contributed by atoms with van der Waals surface area (Å²) in [6.45, 7) is 0. The second kappa shape index (κ2) is 4.44. The Kier molecular flexibility index (Phi) is 3.17. The topological polar surface area (TPSA) is 26.0 Å². The van der Waals surface area contributed by atoms with Crippen LogP contribution >= 0.6 is 27.5 Å². The highest BCUT2D eigenvalue weighted by Crippen LogP contribution is 2.35.